The average Bonchev–Trinajstić information content (AvgIpc) is 2.98. The van der Waals surface area contributed by atoms with Crippen LogP contribution in [0, 0.1) is 0 Å². The van der Waals surface area contributed by atoms with E-state index in [2.05, 4.69) is 41.8 Å². The first-order valence-electron chi connectivity index (χ1n) is 6.42. The Balaban J connectivity index is 1.94. The molecule has 0 fully saturated rings. The Morgan fingerprint density at radius 3 is 2.74 bits per heavy atom. The number of hydrogen-bond donors (Lipinski definition) is 0. The van der Waals surface area contributed by atoms with E-state index in [0.29, 0.717) is 6.04 Å². The molecule has 3 nitrogen and oxygen atoms in total. The third kappa shape index (κ3) is 2.38. The van der Waals surface area contributed by atoms with Gasteiger partial charge in [-0.25, -0.2) is 0 Å². The molecule has 0 aliphatic heterocycles. The summed E-state index contributed by atoms with van der Waals surface area (Å²) in [4.78, 5) is 0. The summed E-state index contributed by atoms with van der Waals surface area (Å²) in [5.41, 5.74) is 2.21. The maximum Gasteiger partial charge on any atom is 0.0821 e. The van der Waals surface area contributed by atoms with E-state index in [1.54, 1.807) is 0 Å². The molecule has 2 heterocycles. The molecule has 0 atom stereocenters. The first-order chi connectivity index (χ1) is 9.13. The van der Waals surface area contributed by atoms with Gasteiger partial charge >= 0.3 is 0 Å². The molecule has 19 heavy (non-hydrogen) atoms. The van der Waals surface area contributed by atoms with Crippen LogP contribution in [0.1, 0.15) is 25.6 Å². The smallest absolute Gasteiger partial charge is 0.0821 e. The minimum absolute atomic E-state index is 0.393. The molecule has 0 aliphatic rings. The summed E-state index contributed by atoms with van der Waals surface area (Å²) in [6.45, 7) is 5.02. The Bertz CT molecular complexity index is 709. The van der Waals surface area contributed by atoms with Crippen molar-refractivity contribution in [2.75, 3.05) is 0 Å². The summed E-state index contributed by atoms with van der Waals surface area (Å²) in [5.74, 6) is 0. The van der Waals surface area contributed by atoms with Crippen LogP contribution < -0.4 is 0 Å². The van der Waals surface area contributed by atoms with E-state index in [0.717, 1.165) is 22.8 Å². The van der Waals surface area contributed by atoms with Crippen LogP contribution in [0.25, 0.3) is 10.9 Å². The first kappa shape index (κ1) is 12.3. The summed E-state index contributed by atoms with van der Waals surface area (Å²) in [6.07, 6.45) is 4.11. The van der Waals surface area contributed by atoms with E-state index in [9.17, 15) is 0 Å². The molecule has 4 heteroatoms. The molecule has 0 bridgehead atoms. The number of halogens is 1. The molecule has 1 aromatic carbocycles. The van der Waals surface area contributed by atoms with Gasteiger partial charge in [0, 0.05) is 29.0 Å². The van der Waals surface area contributed by atoms with Gasteiger partial charge in [0.15, 0.2) is 0 Å². The van der Waals surface area contributed by atoms with Gasteiger partial charge in [-0.15, -0.1) is 0 Å². The minimum atomic E-state index is 0.393. The van der Waals surface area contributed by atoms with Crippen molar-refractivity contribution in [1.29, 1.82) is 0 Å². The van der Waals surface area contributed by atoms with Crippen molar-refractivity contribution in [2.24, 2.45) is 0 Å². The molecule has 0 aliphatic carbocycles. The highest BCUT2D eigenvalue weighted by Crippen LogP contribution is 2.21. The van der Waals surface area contributed by atoms with Crippen LogP contribution in [0.2, 0.25) is 5.02 Å². The van der Waals surface area contributed by atoms with Crippen LogP contribution in [0.5, 0.6) is 0 Å². The number of nitrogens with zero attached hydrogens (tertiary/aromatic N) is 3. The van der Waals surface area contributed by atoms with Crippen LogP contribution in [-0.2, 0) is 6.54 Å². The zero-order valence-electron chi connectivity index (χ0n) is 11.0. The molecule has 0 unspecified atom stereocenters. The topological polar surface area (TPSA) is 22.8 Å². The highest BCUT2D eigenvalue weighted by atomic mass is 35.5. The van der Waals surface area contributed by atoms with Crippen molar-refractivity contribution in [3.63, 3.8) is 0 Å². The van der Waals surface area contributed by atoms with Crippen LogP contribution in [0.4, 0.5) is 0 Å². The summed E-state index contributed by atoms with van der Waals surface area (Å²) in [5, 5.41) is 6.54. The Labute approximate surface area is 117 Å². The van der Waals surface area contributed by atoms with E-state index in [-0.39, 0.29) is 0 Å². The summed E-state index contributed by atoms with van der Waals surface area (Å²) in [6, 6.07) is 10.5. The Morgan fingerprint density at radius 1 is 1.16 bits per heavy atom. The number of benzene rings is 1. The van der Waals surface area contributed by atoms with E-state index in [1.807, 2.05) is 29.1 Å². The molecule has 0 amide bonds. The number of aromatic nitrogens is 3. The lowest BCUT2D eigenvalue weighted by atomic mass is 10.2. The second kappa shape index (κ2) is 4.74. The molecule has 98 valence electrons. The van der Waals surface area contributed by atoms with E-state index in [1.165, 1.54) is 5.39 Å². The SMILES string of the molecule is CC(C)n1ccc(Cn2ccc3ccc(Cl)cc32)n1. The third-order valence-electron chi connectivity index (χ3n) is 3.26. The summed E-state index contributed by atoms with van der Waals surface area (Å²) >= 11 is 6.06. The van der Waals surface area contributed by atoms with Crippen molar-refractivity contribution in [3.05, 3.63) is 53.4 Å². The lowest BCUT2D eigenvalue weighted by Gasteiger charge is -2.05. The first-order valence-corrected chi connectivity index (χ1v) is 6.80. The Hall–Kier alpha value is -1.74. The van der Waals surface area contributed by atoms with Gasteiger partial charge in [-0.3, -0.25) is 4.68 Å². The standard InChI is InChI=1S/C15H16ClN3/c1-11(2)19-8-6-14(17-19)10-18-7-5-12-3-4-13(16)9-15(12)18/h3-9,11H,10H2,1-2H3. The van der Waals surface area contributed by atoms with Gasteiger partial charge in [0.1, 0.15) is 0 Å². The minimum Gasteiger partial charge on any atom is -0.341 e. The van der Waals surface area contributed by atoms with Gasteiger partial charge in [-0.05, 0) is 43.5 Å². The van der Waals surface area contributed by atoms with Crippen LogP contribution >= 0.6 is 11.6 Å². The van der Waals surface area contributed by atoms with Crippen molar-refractivity contribution in [2.45, 2.75) is 26.4 Å². The average molecular weight is 274 g/mol. The van der Waals surface area contributed by atoms with Crippen LogP contribution in [0.3, 0.4) is 0 Å². The van der Waals surface area contributed by atoms with Crippen molar-refractivity contribution < 1.29 is 0 Å². The highest BCUT2D eigenvalue weighted by Gasteiger charge is 2.06. The van der Waals surface area contributed by atoms with Gasteiger partial charge < -0.3 is 4.57 Å². The quantitative estimate of drug-likeness (QED) is 0.704. The second-order valence-electron chi connectivity index (χ2n) is 5.03. The Kier molecular flexibility index (Phi) is 3.07. The van der Waals surface area contributed by atoms with Gasteiger partial charge in [0.05, 0.1) is 12.2 Å². The van der Waals surface area contributed by atoms with Crippen LogP contribution in [0.15, 0.2) is 42.7 Å². The van der Waals surface area contributed by atoms with E-state index >= 15 is 0 Å². The molecular formula is C15H16ClN3. The maximum atomic E-state index is 6.06. The van der Waals surface area contributed by atoms with Crippen molar-refractivity contribution in [3.8, 4) is 0 Å². The number of rotatable bonds is 3. The number of fused-ring (bicyclic) bond motifs is 1. The van der Waals surface area contributed by atoms with Gasteiger partial charge in [0.25, 0.3) is 0 Å². The highest BCUT2D eigenvalue weighted by molar-refractivity contribution is 6.31. The fourth-order valence-corrected chi connectivity index (χ4v) is 2.39. The zero-order valence-corrected chi connectivity index (χ0v) is 11.8. The lowest BCUT2D eigenvalue weighted by Crippen LogP contribution is -2.04. The molecule has 0 spiro atoms. The molecule has 0 saturated carbocycles. The predicted molar refractivity (Wildman–Crippen MR) is 78.7 cm³/mol. The third-order valence-corrected chi connectivity index (χ3v) is 3.50. The van der Waals surface area contributed by atoms with Gasteiger partial charge in [-0.1, -0.05) is 17.7 Å². The summed E-state index contributed by atoms with van der Waals surface area (Å²) in [7, 11) is 0. The predicted octanol–water partition coefficient (Wildman–Crippen LogP) is 4.12. The molecule has 0 saturated heterocycles. The van der Waals surface area contributed by atoms with Gasteiger partial charge in [0.2, 0.25) is 0 Å². The van der Waals surface area contributed by atoms with Crippen LogP contribution in [-0.4, -0.2) is 14.3 Å². The maximum absolute atomic E-state index is 6.06. The molecule has 0 N–H and O–H groups in total. The normalized spacial score (nSPS) is 11.6. The molecule has 0 radical (unpaired) electrons. The fraction of sp³-hybridized carbons (Fsp3) is 0.267. The number of hydrogen-bond acceptors (Lipinski definition) is 1. The molecule has 3 aromatic rings. The van der Waals surface area contributed by atoms with Crippen molar-refractivity contribution >= 4 is 22.5 Å². The Morgan fingerprint density at radius 2 is 2.00 bits per heavy atom. The van der Waals surface area contributed by atoms with E-state index < -0.39 is 0 Å². The molecule has 2 aromatic heterocycles. The molecular weight excluding hydrogens is 258 g/mol. The largest absolute Gasteiger partial charge is 0.341 e. The van der Waals surface area contributed by atoms with E-state index in [4.69, 9.17) is 11.6 Å². The van der Waals surface area contributed by atoms with Crippen molar-refractivity contribution in [1.82, 2.24) is 14.3 Å². The monoisotopic (exact) mass is 273 g/mol. The zero-order chi connectivity index (χ0) is 13.4. The summed E-state index contributed by atoms with van der Waals surface area (Å²) < 4.78 is 4.15. The second-order valence-corrected chi connectivity index (χ2v) is 5.46. The fourth-order valence-electron chi connectivity index (χ4n) is 2.22. The van der Waals surface area contributed by atoms with Gasteiger partial charge in [-0.2, -0.15) is 5.10 Å². The molecule has 3 rings (SSSR count). The lowest BCUT2D eigenvalue weighted by molar-refractivity contribution is 0.524.